The Morgan fingerprint density at radius 1 is 1.15 bits per heavy atom. The standard InChI is InChI=1S/C26H31N5O3/c1-18(2)15-31-23-10-12-30(16-19-6-8-21(9-7-19)26(33)34-3)17-22(23)24(29-31)25(32)28-14-20-5-4-11-27-13-20/h4-9,11,13,18H,10,12,14-17H2,1-3H3,(H,28,32). The highest BCUT2D eigenvalue weighted by Gasteiger charge is 2.28. The predicted octanol–water partition coefficient (Wildman–Crippen LogP) is 3.21. The highest BCUT2D eigenvalue weighted by Crippen LogP contribution is 2.25. The number of hydrogen-bond donors (Lipinski definition) is 1. The maximum absolute atomic E-state index is 13.1. The number of nitrogens with one attached hydrogen (secondary N) is 1. The lowest BCUT2D eigenvalue weighted by Crippen LogP contribution is -2.32. The minimum absolute atomic E-state index is 0.160. The van der Waals surface area contributed by atoms with Gasteiger partial charge in [-0.3, -0.25) is 19.4 Å². The number of methoxy groups -OCH3 is 1. The maximum atomic E-state index is 13.1. The van der Waals surface area contributed by atoms with Crippen LogP contribution in [0.15, 0.2) is 48.8 Å². The Hall–Kier alpha value is -3.52. The Bertz CT molecular complexity index is 1140. The summed E-state index contributed by atoms with van der Waals surface area (Å²) < 4.78 is 6.79. The summed E-state index contributed by atoms with van der Waals surface area (Å²) >= 11 is 0. The molecule has 0 saturated carbocycles. The average molecular weight is 462 g/mol. The highest BCUT2D eigenvalue weighted by atomic mass is 16.5. The molecular formula is C26H31N5O3. The second-order valence-electron chi connectivity index (χ2n) is 9.04. The summed E-state index contributed by atoms with van der Waals surface area (Å²) in [5.74, 6) is -0.0674. The number of ether oxygens (including phenoxy) is 1. The molecular weight excluding hydrogens is 430 g/mol. The van der Waals surface area contributed by atoms with Gasteiger partial charge in [0, 0.05) is 62.8 Å². The molecule has 1 aliphatic rings. The lowest BCUT2D eigenvalue weighted by Gasteiger charge is -2.28. The van der Waals surface area contributed by atoms with Gasteiger partial charge in [0.05, 0.1) is 12.7 Å². The number of rotatable bonds is 8. The molecule has 178 valence electrons. The van der Waals surface area contributed by atoms with Crippen molar-refractivity contribution in [3.05, 3.63) is 82.4 Å². The number of fused-ring (bicyclic) bond motifs is 1. The lowest BCUT2D eigenvalue weighted by molar-refractivity contribution is 0.0600. The molecule has 0 unspecified atom stereocenters. The normalized spacial score (nSPS) is 13.5. The van der Waals surface area contributed by atoms with Crippen LogP contribution in [0.3, 0.4) is 0 Å². The van der Waals surface area contributed by atoms with Crippen molar-refractivity contribution in [1.82, 2.24) is 25.0 Å². The molecule has 0 saturated heterocycles. The van der Waals surface area contributed by atoms with E-state index in [4.69, 9.17) is 9.84 Å². The predicted molar refractivity (Wildman–Crippen MR) is 128 cm³/mol. The molecule has 8 nitrogen and oxygen atoms in total. The van der Waals surface area contributed by atoms with Crippen molar-refractivity contribution in [2.24, 2.45) is 5.92 Å². The van der Waals surface area contributed by atoms with E-state index in [1.165, 1.54) is 7.11 Å². The molecule has 1 amide bonds. The van der Waals surface area contributed by atoms with E-state index in [2.05, 4.69) is 29.0 Å². The number of esters is 1. The van der Waals surface area contributed by atoms with Crippen LogP contribution < -0.4 is 5.32 Å². The van der Waals surface area contributed by atoms with Gasteiger partial charge in [-0.25, -0.2) is 4.79 Å². The smallest absolute Gasteiger partial charge is 0.337 e. The molecule has 0 aliphatic carbocycles. The van der Waals surface area contributed by atoms with Crippen LogP contribution in [0.4, 0.5) is 0 Å². The summed E-state index contributed by atoms with van der Waals surface area (Å²) in [6.45, 7) is 7.77. The van der Waals surface area contributed by atoms with Crippen LogP contribution in [-0.4, -0.2) is 45.2 Å². The lowest BCUT2D eigenvalue weighted by atomic mass is 10.0. The second-order valence-corrected chi connectivity index (χ2v) is 9.04. The summed E-state index contributed by atoms with van der Waals surface area (Å²) in [5, 5.41) is 7.74. The number of carbonyl (C=O) groups is 2. The fourth-order valence-corrected chi connectivity index (χ4v) is 4.25. The van der Waals surface area contributed by atoms with Crippen molar-refractivity contribution in [3.63, 3.8) is 0 Å². The molecule has 0 atom stereocenters. The van der Waals surface area contributed by atoms with E-state index in [1.807, 2.05) is 28.9 Å². The van der Waals surface area contributed by atoms with Gasteiger partial charge in [0.25, 0.3) is 5.91 Å². The van der Waals surface area contributed by atoms with E-state index < -0.39 is 0 Å². The first-order valence-corrected chi connectivity index (χ1v) is 11.6. The molecule has 0 radical (unpaired) electrons. The summed E-state index contributed by atoms with van der Waals surface area (Å²) in [7, 11) is 1.38. The Morgan fingerprint density at radius 3 is 2.62 bits per heavy atom. The fraction of sp³-hybridized carbons (Fsp3) is 0.385. The van der Waals surface area contributed by atoms with E-state index in [9.17, 15) is 9.59 Å². The van der Waals surface area contributed by atoms with Crippen molar-refractivity contribution >= 4 is 11.9 Å². The third-order valence-electron chi connectivity index (χ3n) is 5.92. The molecule has 0 spiro atoms. The Morgan fingerprint density at radius 2 is 1.94 bits per heavy atom. The topological polar surface area (TPSA) is 89.3 Å². The molecule has 3 heterocycles. The largest absolute Gasteiger partial charge is 0.465 e. The monoisotopic (exact) mass is 461 g/mol. The molecule has 0 fully saturated rings. The second kappa shape index (κ2) is 10.6. The first-order chi connectivity index (χ1) is 16.4. The van der Waals surface area contributed by atoms with Gasteiger partial charge in [0.15, 0.2) is 5.69 Å². The molecule has 1 aromatic carbocycles. The number of amides is 1. The average Bonchev–Trinajstić information content (AvgIpc) is 3.20. The molecule has 34 heavy (non-hydrogen) atoms. The van der Waals surface area contributed by atoms with Gasteiger partial charge in [0.2, 0.25) is 0 Å². The number of carbonyl (C=O) groups excluding carboxylic acids is 2. The summed E-state index contributed by atoms with van der Waals surface area (Å²) in [4.78, 5) is 31.2. The van der Waals surface area contributed by atoms with Crippen LogP contribution in [0.2, 0.25) is 0 Å². The van der Waals surface area contributed by atoms with Gasteiger partial charge >= 0.3 is 5.97 Å². The van der Waals surface area contributed by atoms with Crippen molar-refractivity contribution in [1.29, 1.82) is 0 Å². The molecule has 2 aromatic heterocycles. The van der Waals surface area contributed by atoms with Gasteiger partial charge in [-0.15, -0.1) is 0 Å². The minimum Gasteiger partial charge on any atom is -0.465 e. The van der Waals surface area contributed by atoms with Gasteiger partial charge < -0.3 is 10.1 Å². The van der Waals surface area contributed by atoms with E-state index in [1.54, 1.807) is 24.5 Å². The van der Waals surface area contributed by atoms with Gasteiger partial charge in [-0.2, -0.15) is 5.10 Å². The number of pyridine rings is 1. The molecule has 0 bridgehead atoms. The van der Waals surface area contributed by atoms with Crippen LogP contribution in [0.1, 0.15) is 57.1 Å². The van der Waals surface area contributed by atoms with E-state index >= 15 is 0 Å². The van der Waals surface area contributed by atoms with Crippen LogP contribution in [0, 0.1) is 5.92 Å². The molecule has 3 aromatic rings. The summed E-state index contributed by atoms with van der Waals surface area (Å²) in [5.41, 5.74) is 5.25. The quantitative estimate of drug-likeness (QED) is 0.518. The number of benzene rings is 1. The van der Waals surface area contributed by atoms with Crippen molar-refractivity contribution < 1.29 is 14.3 Å². The third kappa shape index (κ3) is 5.51. The Balaban J connectivity index is 1.51. The Labute approximate surface area is 199 Å². The minimum atomic E-state index is -0.339. The molecule has 1 N–H and O–H groups in total. The number of aromatic nitrogens is 3. The SMILES string of the molecule is COC(=O)c1ccc(CN2CCc3c(c(C(=O)NCc4cccnc4)nn3CC(C)C)C2)cc1. The van der Waals surface area contributed by atoms with Crippen LogP contribution in [-0.2, 0) is 37.3 Å². The zero-order valence-corrected chi connectivity index (χ0v) is 20.0. The molecule has 8 heteroatoms. The van der Waals surface area contributed by atoms with Gasteiger partial charge in [-0.05, 0) is 35.2 Å². The summed E-state index contributed by atoms with van der Waals surface area (Å²) in [6.07, 6.45) is 4.30. The van der Waals surface area contributed by atoms with Crippen molar-refractivity contribution in [3.8, 4) is 0 Å². The fourth-order valence-electron chi connectivity index (χ4n) is 4.25. The molecule has 1 aliphatic heterocycles. The Kier molecular flexibility index (Phi) is 7.37. The van der Waals surface area contributed by atoms with Crippen molar-refractivity contribution in [2.75, 3.05) is 13.7 Å². The van der Waals surface area contributed by atoms with Crippen LogP contribution in [0.25, 0.3) is 0 Å². The van der Waals surface area contributed by atoms with Gasteiger partial charge in [-0.1, -0.05) is 32.0 Å². The third-order valence-corrected chi connectivity index (χ3v) is 5.92. The van der Waals surface area contributed by atoms with Gasteiger partial charge in [0.1, 0.15) is 0 Å². The van der Waals surface area contributed by atoms with Crippen molar-refractivity contribution in [2.45, 2.75) is 46.4 Å². The van der Waals surface area contributed by atoms with E-state index in [-0.39, 0.29) is 11.9 Å². The van der Waals surface area contributed by atoms with E-state index in [0.717, 1.165) is 48.4 Å². The van der Waals surface area contributed by atoms with E-state index in [0.29, 0.717) is 30.3 Å². The zero-order valence-electron chi connectivity index (χ0n) is 20.0. The number of nitrogens with zero attached hydrogens (tertiary/aromatic N) is 4. The number of hydrogen-bond acceptors (Lipinski definition) is 6. The van der Waals surface area contributed by atoms with Crippen LogP contribution >= 0.6 is 0 Å². The van der Waals surface area contributed by atoms with Crippen LogP contribution in [0.5, 0.6) is 0 Å². The zero-order chi connectivity index (χ0) is 24.1. The summed E-state index contributed by atoms with van der Waals surface area (Å²) in [6, 6.07) is 11.3. The molecule has 4 rings (SSSR count). The highest BCUT2D eigenvalue weighted by molar-refractivity contribution is 5.94. The first kappa shape index (κ1) is 23.6. The first-order valence-electron chi connectivity index (χ1n) is 11.6. The maximum Gasteiger partial charge on any atom is 0.337 e.